The summed E-state index contributed by atoms with van der Waals surface area (Å²) in [6.45, 7) is 0. The lowest BCUT2D eigenvalue weighted by Gasteiger charge is -2.07. The van der Waals surface area contributed by atoms with Crippen LogP contribution in [0.1, 0.15) is 17.4 Å². The van der Waals surface area contributed by atoms with E-state index in [9.17, 15) is 4.79 Å². The van der Waals surface area contributed by atoms with Crippen molar-refractivity contribution in [3.63, 3.8) is 0 Å². The smallest absolute Gasteiger partial charge is 0.320 e. The average molecular weight is 203 g/mol. The fraction of sp³-hybridized carbons (Fsp3) is 0.0909. The Labute approximate surface area is 86.2 Å². The number of carboxylic acid groups (broad SMARTS) is 1. The standard InChI is InChI=1S/C11H9NO3/c13-11(14)9(10-12-6-7-15-10)8-4-2-1-3-5-8/h1-7,9H,(H,13,14). The van der Waals surface area contributed by atoms with Gasteiger partial charge in [0.1, 0.15) is 6.26 Å². The minimum absolute atomic E-state index is 0.203. The summed E-state index contributed by atoms with van der Waals surface area (Å²) in [4.78, 5) is 15.0. The van der Waals surface area contributed by atoms with Crippen molar-refractivity contribution in [3.8, 4) is 0 Å². The Morgan fingerprint density at radius 1 is 1.33 bits per heavy atom. The highest BCUT2D eigenvalue weighted by Crippen LogP contribution is 2.22. The topological polar surface area (TPSA) is 63.3 Å². The van der Waals surface area contributed by atoms with Crippen molar-refractivity contribution in [2.45, 2.75) is 5.92 Å². The number of carbonyl (C=O) groups is 1. The number of nitrogens with zero attached hydrogens (tertiary/aromatic N) is 1. The van der Waals surface area contributed by atoms with Gasteiger partial charge in [0.05, 0.1) is 6.20 Å². The molecule has 0 spiro atoms. The number of hydrogen-bond acceptors (Lipinski definition) is 3. The van der Waals surface area contributed by atoms with Crippen LogP contribution in [0.5, 0.6) is 0 Å². The molecule has 0 saturated carbocycles. The molecule has 0 aliphatic carbocycles. The molecule has 4 nitrogen and oxygen atoms in total. The molecule has 2 aromatic rings. The van der Waals surface area contributed by atoms with E-state index in [1.165, 1.54) is 12.5 Å². The van der Waals surface area contributed by atoms with Gasteiger partial charge in [0.2, 0.25) is 5.89 Å². The Kier molecular flexibility index (Phi) is 2.49. The molecule has 76 valence electrons. The van der Waals surface area contributed by atoms with E-state index >= 15 is 0 Å². The minimum Gasteiger partial charge on any atom is -0.480 e. The Morgan fingerprint density at radius 2 is 2.07 bits per heavy atom. The second kappa shape index (κ2) is 3.96. The van der Waals surface area contributed by atoms with Gasteiger partial charge in [0, 0.05) is 0 Å². The highest BCUT2D eigenvalue weighted by atomic mass is 16.4. The average Bonchev–Trinajstić information content (AvgIpc) is 2.72. The molecule has 1 aromatic carbocycles. The van der Waals surface area contributed by atoms with Crippen molar-refractivity contribution >= 4 is 5.97 Å². The molecule has 1 unspecified atom stereocenters. The summed E-state index contributed by atoms with van der Waals surface area (Å²) in [7, 11) is 0. The zero-order valence-corrected chi connectivity index (χ0v) is 7.83. The molecular weight excluding hydrogens is 194 g/mol. The van der Waals surface area contributed by atoms with Crippen LogP contribution in [0.2, 0.25) is 0 Å². The summed E-state index contributed by atoms with van der Waals surface area (Å²) >= 11 is 0. The quantitative estimate of drug-likeness (QED) is 0.827. The first-order chi connectivity index (χ1) is 7.29. The Morgan fingerprint density at radius 3 is 2.60 bits per heavy atom. The molecule has 2 rings (SSSR count). The largest absolute Gasteiger partial charge is 0.480 e. The van der Waals surface area contributed by atoms with E-state index in [1.54, 1.807) is 24.3 Å². The SMILES string of the molecule is O=C(O)C(c1ccccc1)c1ncco1. The van der Waals surface area contributed by atoms with Crippen LogP contribution >= 0.6 is 0 Å². The maximum absolute atomic E-state index is 11.1. The number of rotatable bonds is 3. The number of aromatic nitrogens is 1. The van der Waals surface area contributed by atoms with Crippen LogP contribution in [0.3, 0.4) is 0 Å². The monoisotopic (exact) mass is 203 g/mol. The number of benzene rings is 1. The van der Waals surface area contributed by atoms with Gasteiger partial charge in [-0.25, -0.2) is 4.98 Å². The van der Waals surface area contributed by atoms with Gasteiger partial charge >= 0.3 is 5.97 Å². The molecule has 1 heterocycles. The van der Waals surface area contributed by atoms with Crippen molar-refractivity contribution in [1.29, 1.82) is 0 Å². The van der Waals surface area contributed by atoms with Crippen molar-refractivity contribution in [2.75, 3.05) is 0 Å². The van der Waals surface area contributed by atoms with E-state index in [0.717, 1.165) is 0 Å². The van der Waals surface area contributed by atoms with E-state index in [-0.39, 0.29) is 5.89 Å². The Bertz CT molecular complexity index is 436. The summed E-state index contributed by atoms with van der Waals surface area (Å²) in [5, 5.41) is 9.10. The molecule has 1 N–H and O–H groups in total. The summed E-state index contributed by atoms with van der Waals surface area (Å²) in [6.07, 6.45) is 2.81. The van der Waals surface area contributed by atoms with E-state index in [4.69, 9.17) is 9.52 Å². The number of aliphatic carboxylic acids is 1. The number of carboxylic acids is 1. The number of hydrogen-bond donors (Lipinski definition) is 1. The van der Waals surface area contributed by atoms with Crippen LogP contribution in [-0.2, 0) is 4.79 Å². The molecule has 0 bridgehead atoms. The highest BCUT2D eigenvalue weighted by Gasteiger charge is 2.25. The third kappa shape index (κ3) is 1.88. The first kappa shape index (κ1) is 9.45. The molecule has 4 heteroatoms. The maximum Gasteiger partial charge on any atom is 0.320 e. The fourth-order valence-corrected chi connectivity index (χ4v) is 1.41. The van der Waals surface area contributed by atoms with Gasteiger partial charge in [-0.15, -0.1) is 0 Å². The first-order valence-electron chi connectivity index (χ1n) is 4.46. The van der Waals surface area contributed by atoms with E-state index in [0.29, 0.717) is 5.56 Å². The molecule has 0 amide bonds. The van der Waals surface area contributed by atoms with Crippen LogP contribution in [0, 0.1) is 0 Å². The number of oxazole rings is 1. The van der Waals surface area contributed by atoms with Gasteiger partial charge in [0.25, 0.3) is 0 Å². The molecule has 0 aliphatic heterocycles. The lowest BCUT2D eigenvalue weighted by atomic mass is 9.99. The van der Waals surface area contributed by atoms with Crippen molar-refractivity contribution in [2.24, 2.45) is 0 Å². The summed E-state index contributed by atoms with van der Waals surface area (Å²) in [5.74, 6) is -1.60. The summed E-state index contributed by atoms with van der Waals surface area (Å²) < 4.78 is 5.02. The van der Waals surface area contributed by atoms with Crippen LogP contribution in [-0.4, -0.2) is 16.1 Å². The van der Waals surface area contributed by atoms with Gasteiger partial charge in [-0.05, 0) is 5.56 Å². The van der Waals surface area contributed by atoms with Gasteiger partial charge in [-0.3, -0.25) is 4.79 Å². The summed E-state index contributed by atoms with van der Waals surface area (Å²) in [5.41, 5.74) is 0.660. The maximum atomic E-state index is 11.1. The highest BCUT2D eigenvalue weighted by molar-refractivity contribution is 5.78. The molecule has 1 atom stereocenters. The molecule has 0 aliphatic rings. The minimum atomic E-state index is -0.969. The molecule has 15 heavy (non-hydrogen) atoms. The zero-order chi connectivity index (χ0) is 10.7. The second-order valence-corrected chi connectivity index (χ2v) is 3.05. The third-order valence-electron chi connectivity index (χ3n) is 2.08. The Hall–Kier alpha value is -2.10. The van der Waals surface area contributed by atoms with E-state index in [1.807, 2.05) is 6.07 Å². The van der Waals surface area contributed by atoms with E-state index in [2.05, 4.69) is 4.98 Å². The normalized spacial score (nSPS) is 12.3. The Balaban J connectivity index is 2.42. The molecular formula is C11H9NO3. The third-order valence-corrected chi connectivity index (χ3v) is 2.08. The van der Waals surface area contributed by atoms with Gasteiger partial charge in [-0.2, -0.15) is 0 Å². The predicted octanol–water partition coefficient (Wildman–Crippen LogP) is 1.89. The second-order valence-electron chi connectivity index (χ2n) is 3.05. The zero-order valence-electron chi connectivity index (χ0n) is 7.83. The van der Waals surface area contributed by atoms with Gasteiger partial charge in [0.15, 0.2) is 5.92 Å². The van der Waals surface area contributed by atoms with Gasteiger partial charge < -0.3 is 9.52 Å². The van der Waals surface area contributed by atoms with E-state index < -0.39 is 11.9 Å². The van der Waals surface area contributed by atoms with Crippen molar-refractivity contribution in [3.05, 3.63) is 54.2 Å². The van der Waals surface area contributed by atoms with Gasteiger partial charge in [-0.1, -0.05) is 30.3 Å². The lowest BCUT2D eigenvalue weighted by molar-refractivity contribution is -0.138. The molecule has 0 fully saturated rings. The van der Waals surface area contributed by atoms with Crippen LogP contribution in [0.25, 0.3) is 0 Å². The lowest BCUT2D eigenvalue weighted by Crippen LogP contribution is -2.13. The fourth-order valence-electron chi connectivity index (χ4n) is 1.41. The van der Waals surface area contributed by atoms with Crippen molar-refractivity contribution in [1.82, 2.24) is 4.98 Å². The molecule has 1 aromatic heterocycles. The van der Waals surface area contributed by atoms with Crippen LogP contribution in [0.4, 0.5) is 0 Å². The molecule has 0 radical (unpaired) electrons. The first-order valence-corrected chi connectivity index (χ1v) is 4.46. The van der Waals surface area contributed by atoms with Crippen LogP contribution < -0.4 is 0 Å². The van der Waals surface area contributed by atoms with Crippen LogP contribution in [0.15, 0.2) is 47.2 Å². The predicted molar refractivity (Wildman–Crippen MR) is 52.4 cm³/mol. The summed E-state index contributed by atoms with van der Waals surface area (Å²) in [6, 6.07) is 8.88. The van der Waals surface area contributed by atoms with Crippen molar-refractivity contribution < 1.29 is 14.3 Å². The molecule has 0 saturated heterocycles.